The molecule has 0 atom stereocenters. The number of fused-ring (bicyclic) bond motifs is 1. The zero-order valence-electron chi connectivity index (χ0n) is 16.7. The number of hydrogen-bond donors (Lipinski definition) is 1. The zero-order chi connectivity index (χ0) is 22.7. The highest BCUT2D eigenvalue weighted by Crippen LogP contribution is 2.28. The Bertz CT molecular complexity index is 1380. The summed E-state index contributed by atoms with van der Waals surface area (Å²) in [4.78, 5) is 13.0. The summed E-state index contributed by atoms with van der Waals surface area (Å²) in [6, 6.07) is 25.3. The Labute approximate surface area is 196 Å². The van der Waals surface area contributed by atoms with Crippen LogP contribution in [0.15, 0.2) is 95.9 Å². The molecule has 162 valence electrons. The van der Waals surface area contributed by atoms with Gasteiger partial charge in [-0.3, -0.25) is 9.10 Å². The molecule has 1 N–H and O–H groups in total. The van der Waals surface area contributed by atoms with Crippen molar-refractivity contribution in [3.8, 4) is 0 Å². The number of nitrogens with zero attached hydrogens (tertiary/aromatic N) is 1. The molecule has 4 rings (SSSR count). The van der Waals surface area contributed by atoms with Crippen LogP contribution >= 0.6 is 23.2 Å². The molecule has 0 bridgehead atoms. The van der Waals surface area contributed by atoms with Crippen LogP contribution in [0.25, 0.3) is 10.8 Å². The minimum absolute atomic E-state index is 0.0137. The summed E-state index contributed by atoms with van der Waals surface area (Å²) < 4.78 is 27.9. The van der Waals surface area contributed by atoms with E-state index in [1.165, 1.54) is 30.3 Å². The normalized spacial score (nSPS) is 11.3. The molecule has 0 saturated heterocycles. The molecule has 4 aromatic rings. The van der Waals surface area contributed by atoms with E-state index in [4.69, 9.17) is 23.2 Å². The number of carbonyl (C=O) groups is 1. The Morgan fingerprint density at radius 1 is 0.812 bits per heavy atom. The fourth-order valence-corrected chi connectivity index (χ4v) is 5.06. The van der Waals surface area contributed by atoms with Crippen molar-refractivity contribution in [2.45, 2.75) is 4.90 Å². The monoisotopic (exact) mass is 484 g/mol. The van der Waals surface area contributed by atoms with Crippen molar-refractivity contribution in [3.63, 3.8) is 0 Å². The zero-order valence-corrected chi connectivity index (χ0v) is 19.0. The molecule has 0 radical (unpaired) electrons. The lowest BCUT2D eigenvalue weighted by Crippen LogP contribution is -2.38. The number of carbonyl (C=O) groups excluding carboxylic acids is 1. The van der Waals surface area contributed by atoms with Crippen molar-refractivity contribution in [2.24, 2.45) is 0 Å². The van der Waals surface area contributed by atoms with Gasteiger partial charge in [0.15, 0.2) is 0 Å². The fourth-order valence-electron chi connectivity index (χ4n) is 3.33. The number of halogens is 2. The smallest absolute Gasteiger partial charge is 0.264 e. The van der Waals surface area contributed by atoms with Gasteiger partial charge in [0, 0.05) is 21.1 Å². The van der Waals surface area contributed by atoms with Gasteiger partial charge in [0.2, 0.25) is 5.91 Å². The first-order chi connectivity index (χ1) is 15.3. The highest BCUT2D eigenvalue weighted by atomic mass is 35.5. The Kier molecular flexibility index (Phi) is 6.37. The van der Waals surface area contributed by atoms with Gasteiger partial charge >= 0.3 is 0 Å². The van der Waals surface area contributed by atoms with Gasteiger partial charge in [0.1, 0.15) is 6.54 Å². The maximum Gasteiger partial charge on any atom is 0.264 e. The van der Waals surface area contributed by atoms with Gasteiger partial charge in [-0.1, -0.05) is 65.7 Å². The quantitative estimate of drug-likeness (QED) is 0.365. The van der Waals surface area contributed by atoms with Gasteiger partial charge in [0.25, 0.3) is 10.0 Å². The van der Waals surface area contributed by atoms with Crippen molar-refractivity contribution >= 4 is 61.3 Å². The van der Waals surface area contributed by atoms with Crippen LogP contribution in [0.2, 0.25) is 10.0 Å². The van der Waals surface area contributed by atoms with E-state index in [9.17, 15) is 13.2 Å². The highest BCUT2D eigenvalue weighted by Gasteiger charge is 2.27. The van der Waals surface area contributed by atoms with Gasteiger partial charge in [-0.05, 0) is 53.9 Å². The first kappa shape index (κ1) is 22.1. The van der Waals surface area contributed by atoms with Crippen molar-refractivity contribution < 1.29 is 13.2 Å². The summed E-state index contributed by atoms with van der Waals surface area (Å²) in [6.07, 6.45) is 0. The van der Waals surface area contributed by atoms with Gasteiger partial charge in [-0.2, -0.15) is 0 Å². The standard InChI is InChI=1S/C24H18Cl2N2O3S/c25-18-11-13-21(14-12-18)32(30,31)28(20-8-4-7-19(26)15-20)16-24(29)27-23-10-3-6-17-5-1-2-9-22(17)23/h1-15H,16H2,(H,27,29). The second kappa shape index (κ2) is 9.20. The van der Waals surface area contributed by atoms with E-state index in [-0.39, 0.29) is 10.6 Å². The maximum atomic E-state index is 13.4. The minimum Gasteiger partial charge on any atom is -0.324 e. The summed E-state index contributed by atoms with van der Waals surface area (Å²) in [6.45, 7) is -0.436. The molecule has 0 aliphatic heterocycles. The average molecular weight is 485 g/mol. The van der Waals surface area contributed by atoms with E-state index in [1.54, 1.807) is 24.3 Å². The maximum absolute atomic E-state index is 13.4. The predicted molar refractivity (Wildman–Crippen MR) is 130 cm³/mol. The second-order valence-corrected chi connectivity index (χ2v) is 9.76. The van der Waals surface area contributed by atoms with Crippen molar-refractivity contribution in [1.82, 2.24) is 0 Å². The lowest BCUT2D eigenvalue weighted by atomic mass is 10.1. The van der Waals surface area contributed by atoms with E-state index >= 15 is 0 Å². The minimum atomic E-state index is -4.06. The number of hydrogen-bond acceptors (Lipinski definition) is 3. The van der Waals surface area contributed by atoms with E-state index in [1.807, 2.05) is 36.4 Å². The summed E-state index contributed by atoms with van der Waals surface area (Å²) in [5, 5.41) is 5.42. The van der Waals surface area contributed by atoms with Crippen molar-refractivity contribution in [1.29, 1.82) is 0 Å². The van der Waals surface area contributed by atoms with E-state index in [0.717, 1.165) is 15.1 Å². The van der Waals surface area contributed by atoms with Gasteiger partial charge in [0.05, 0.1) is 10.6 Å². The fraction of sp³-hybridized carbons (Fsp3) is 0.0417. The summed E-state index contributed by atoms with van der Waals surface area (Å²) in [5.41, 5.74) is 0.878. The molecular formula is C24H18Cl2N2O3S. The SMILES string of the molecule is O=C(CN(c1cccc(Cl)c1)S(=O)(=O)c1ccc(Cl)cc1)Nc1cccc2ccccc12. The van der Waals surface area contributed by atoms with Crippen LogP contribution < -0.4 is 9.62 Å². The van der Waals surface area contributed by atoms with Gasteiger partial charge in [-0.15, -0.1) is 0 Å². The van der Waals surface area contributed by atoms with Crippen LogP contribution in [0.3, 0.4) is 0 Å². The number of benzene rings is 4. The Hall–Kier alpha value is -3.06. The molecule has 0 fully saturated rings. The molecule has 8 heteroatoms. The number of sulfonamides is 1. The average Bonchev–Trinajstić information content (AvgIpc) is 2.78. The molecule has 1 amide bonds. The third-order valence-electron chi connectivity index (χ3n) is 4.85. The second-order valence-electron chi connectivity index (χ2n) is 7.02. The number of amides is 1. The topological polar surface area (TPSA) is 66.5 Å². The van der Waals surface area contributed by atoms with Crippen LogP contribution in [0.1, 0.15) is 0 Å². The molecule has 5 nitrogen and oxygen atoms in total. The Morgan fingerprint density at radius 2 is 1.50 bits per heavy atom. The molecule has 32 heavy (non-hydrogen) atoms. The molecule has 0 unspecified atom stereocenters. The Morgan fingerprint density at radius 3 is 2.25 bits per heavy atom. The van der Waals surface area contributed by atoms with Crippen molar-refractivity contribution in [3.05, 3.63) is 101 Å². The predicted octanol–water partition coefficient (Wildman–Crippen LogP) is 5.98. The largest absolute Gasteiger partial charge is 0.324 e. The van der Waals surface area contributed by atoms with E-state index < -0.39 is 22.5 Å². The van der Waals surface area contributed by atoms with Crippen LogP contribution in [0.5, 0.6) is 0 Å². The van der Waals surface area contributed by atoms with Crippen molar-refractivity contribution in [2.75, 3.05) is 16.2 Å². The number of rotatable bonds is 6. The molecule has 0 aliphatic rings. The van der Waals surface area contributed by atoms with Gasteiger partial charge < -0.3 is 5.32 Å². The first-order valence-corrected chi connectivity index (χ1v) is 11.9. The third-order valence-corrected chi connectivity index (χ3v) is 7.12. The van der Waals surface area contributed by atoms with E-state index in [2.05, 4.69) is 5.32 Å². The lowest BCUT2D eigenvalue weighted by Gasteiger charge is -2.24. The van der Waals surface area contributed by atoms with Crippen LogP contribution in [-0.4, -0.2) is 20.9 Å². The molecule has 0 saturated carbocycles. The Balaban J connectivity index is 1.69. The number of anilines is 2. The first-order valence-electron chi connectivity index (χ1n) is 9.66. The summed E-state index contributed by atoms with van der Waals surface area (Å²) in [5.74, 6) is -0.487. The summed E-state index contributed by atoms with van der Waals surface area (Å²) >= 11 is 12.0. The molecule has 0 heterocycles. The molecule has 0 aliphatic carbocycles. The molecule has 0 aromatic heterocycles. The van der Waals surface area contributed by atoms with Crippen LogP contribution in [0.4, 0.5) is 11.4 Å². The highest BCUT2D eigenvalue weighted by molar-refractivity contribution is 7.92. The van der Waals surface area contributed by atoms with E-state index in [0.29, 0.717) is 15.7 Å². The van der Waals surface area contributed by atoms with Crippen LogP contribution in [-0.2, 0) is 14.8 Å². The molecule has 4 aromatic carbocycles. The number of nitrogens with one attached hydrogen (secondary N) is 1. The van der Waals surface area contributed by atoms with Crippen LogP contribution in [0, 0.1) is 0 Å². The molecule has 0 spiro atoms. The third kappa shape index (κ3) is 4.72. The summed E-state index contributed by atoms with van der Waals surface area (Å²) in [7, 11) is -4.06. The molecular weight excluding hydrogens is 467 g/mol. The van der Waals surface area contributed by atoms with Gasteiger partial charge in [-0.25, -0.2) is 8.42 Å². The lowest BCUT2D eigenvalue weighted by molar-refractivity contribution is -0.114.